The molecule has 1 aliphatic carbocycles. The van der Waals surface area contributed by atoms with Gasteiger partial charge in [-0.2, -0.15) is 5.10 Å². The van der Waals surface area contributed by atoms with E-state index in [0.717, 1.165) is 50.8 Å². The third-order valence-corrected chi connectivity index (χ3v) is 6.70. The maximum atomic E-state index is 5.48. The van der Waals surface area contributed by atoms with Gasteiger partial charge in [-0.05, 0) is 38.5 Å². The standard InChI is InChI=1S/C18H27N5OS/c1-12-18(23-6-8-24-9-7-23)25-17(19-12)11-15-5-3-4-14(15)10-16-20-13(2)21-22-16/h14-15H,3-11H2,1-2H3,(H,20,21,22). The van der Waals surface area contributed by atoms with E-state index >= 15 is 0 Å². The predicted molar refractivity (Wildman–Crippen MR) is 99.2 cm³/mol. The molecule has 7 heteroatoms. The van der Waals surface area contributed by atoms with Crippen LogP contribution in [0.2, 0.25) is 0 Å². The highest BCUT2D eigenvalue weighted by atomic mass is 32.1. The quantitative estimate of drug-likeness (QED) is 0.887. The van der Waals surface area contributed by atoms with Gasteiger partial charge >= 0.3 is 0 Å². The van der Waals surface area contributed by atoms with E-state index in [9.17, 15) is 0 Å². The second-order valence-corrected chi connectivity index (χ2v) is 8.36. The lowest BCUT2D eigenvalue weighted by atomic mass is 9.90. The minimum atomic E-state index is 0.686. The Balaban J connectivity index is 1.42. The van der Waals surface area contributed by atoms with Crippen molar-refractivity contribution in [3.8, 4) is 0 Å². The van der Waals surface area contributed by atoms with Crippen molar-refractivity contribution in [1.29, 1.82) is 0 Å². The summed E-state index contributed by atoms with van der Waals surface area (Å²) in [6.45, 7) is 7.74. The van der Waals surface area contributed by atoms with Crippen LogP contribution in [0.15, 0.2) is 0 Å². The van der Waals surface area contributed by atoms with Crippen LogP contribution in [0.4, 0.5) is 5.00 Å². The number of aryl methyl sites for hydroxylation is 2. The molecule has 0 radical (unpaired) electrons. The number of aromatic nitrogens is 4. The van der Waals surface area contributed by atoms with Gasteiger partial charge in [0.2, 0.25) is 0 Å². The molecular formula is C18H27N5OS. The molecule has 25 heavy (non-hydrogen) atoms. The first-order valence-corrected chi connectivity index (χ1v) is 10.2. The lowest BCUT2D eigenvalue weighted by molar-refractivity contribution is 0.123. The van der Waals surface area contributed by atoms with Gasteiger partial charge in [-0.15, -0.1) is 11.3 Å². The number of aromatic amines is 1. The van der Waals surface area contributed by atoms with Gasteiger partial charge in [0.25, 0.3) is 0 Å². The number of morpholine rings is 1. The molecule has 4 rings (SSSR count). The number of ether oxygens (including phenoxy) is 1. The molecule has 6 nitrogen and oxygen atoms in total. The molecule has 0 amide bonds. The summed E-state index contributed by atoms with van der Waals surface area (Å²) in [5, 5.41) is 9.94. The average Bonchev–Trinajstić information content (AvgIpc) is 3.31. The van der Waals surface area contributed by atoms with Gasteiger partial charge in [0, 0.05) is 25.9 Å². The highest BCUT2D eigenvalue weighted by Gasteiger charge is 2.30. The number of nitrogens with one attached hydrogen (secondary N) is 1. The maximum absolute atomic E-state index is 5.48. The summed E-state index contributed by atoms with van der Waals surface area (Å²) in [6.07, 6.45) is 6.01. The van der Waals surface area contributed by atoms with E-state index in [1.165, 1.54) is 35.0 Å². The van der Waals surface area contributed by atoms with Crippen molar-refractivity contribution in [2.24, 2.45) is 11.8 Å². The molecule has 2 aromatic heterocycles. The Morgan fingerprint density at radius 2 is 1.88 bits per heavy atom. The van der Waals surface area contributed by atoms with Crippen molar-refractivity contribution in [3.63, 3.8) is 0 Å². The molecule has 3 heterocycles. The summed E-state index contributed by atoms with van der Waals surface area (Å²) in [4.78, 5) is 11.8. The first-order chi connectivity index (χ1) is 12.2. The fraction of sp³-hybridized carbons (Fsp3) is 0.722. The molecule has 1 saturated carbocycles. The van der Waals surface area contributed by atoms with Crippen molar-refractivity contribution >= 4 is 16.3 Å². The van der Waals surface area contributed by atoms with Gasteiger partial charge in [-0.25, -0.2) is 9.97 Å². The molecule has 1 saturated heterocycles. The Kier molecular flexibility index (Phi) is 5.03. The molecule has 2 aliphatic rings. The number of thiazole rings is 1. The Morgan fingerprint density at radius 1 is 1.12 bits per heavy atom. The molecule has 0 bridgehead atoms. The van der Waals surface area contributed by atoms with E-state index in [2.05, 4.69) is 27.0 Å². The summed E-state index contributed by atoms with van der Waals surface area (Å²) in [5.41, 5.74) is 1.18. The Bertz CT molecular complexity index is 706. The molecule has 1 N–H and O–H groups in total. The van der Waals surface area contributed by atoms with Crippen molar-refractivity contribution in [3.05, 3.63) is 22.4 Å². The van der Waals surface area contributed by atoms with Gasteiger partial charge < -0.3 is 9.64 Å². The van der Waals surface area contributed by atoms with E-state index < -0.39 is 0 Å². The van der Waals surface area contributed by atoms with Gasteiger partial charge in [0.15, 0.2) is 5.82 Å². The van der Waals surface area contributed by atoms with Crippen molar-refractivity contribution in [1.82, 2.24) is 20.2 Å². The molecule has 2 fully saturated rings. The summed E-state index contributed by atoms with van der Waals surface area (Å²) in [6, 6.07) is 0. The number of rotatable bonds is 5. The Hall–Kier alpha value is -1.47. The molecule has 1 aliphatic heterocycles. The molecule has 0 spiro atoms. The van der Waals surface area contributed by atoms with Crippen LogP contribution in [0.1, 0.15) is 41.6 Å². The third kappa shape index (κ3) is 3.87. The number of H-pyrrole nitrogens is 1. The molecule has 2 aromatic rings. The fourth-order valence-corrected chi connectivity index (χ4v) is 5.39. The molecule has 2 atom stereocenters. The second-order valence-electron chi connectivity index (χ2n) is 7.29. The van der Waals surface area contributed by atoms with Crippen LogP contribution in [-0.2, 0) is 17.6 Å². The van der Waals surface area contributed by atoms with Crippen LogP contribution in [-0.4, -0.2) is 46.5 Å². The van der Waals surface area contributed by atoms with Gasteiger partial charge in [-0.3, -0.25) is 5.10 Å². The highest BCUT2D eigenvalue weighted by Crippen LogP contribution is 2.38. The predicted octanol–water partition coefficient (Wildman–Crippen LogP) is 2.92. The zero-order chi connectivity index (χ0) is 17.2. The third-order valence-electron chi connectivity index (χ3n) is 5.46. The number of anilines is 1. The summed E-state index contributed by atoms with van der Waals surface area (Å²) < 4.78 is 5.48. The molecular weight excluding hydrogens is 334 g/mol. The maximum Gasteiger partial charge on any atom is 0.150 e. The first kappa shape index (κ1) is 17.0. The second kappa shape index (κ2) is 7.41. The summed E-state index contributed by atoms with van der Waals surface area (Å²) >= 11 is 1.89. The first-order valence-electron chi connectivity index (χ1n) is 9.36. The van der Waals surface area contributed by atoms with Crippen molar-refractivity contribution in [2.45, 2.75) is 46.0 Å². The minimum Gasteiger partial charge on any atom is -0.378 e. The van der Waals surface area contributed by atoms with Gasteiger partial charge in [0.05, 0.1) is 23.9 Å². The SMILES string of the molecule is Cc1nc(CC2CCCC2Cc2nc(C)c(N3CCOCC3)s2)n[nH]1. The van der Waals surface area contributed by atoms with Crippen LogP contribution >= 0.6 is 11.3 Å². The van der Waals surface area contributed by atoms with E-state index in [-0.39, 0.29) is 0 Å². The van der Waals surface area contributed by atoms with E-state index in [0.29, 0.717) is 11.8 Å². The topological polar surface area (TPSA) is 66.9 Å². The molecule has 136 valence electrons. The smallest absolute Gasteiger partial charge is 0.150 e. The van der Waals surface area contributed by atoms with Gasteiger partial charge in [-0.1, -0.05) is 6.42 Å². The van der Waals surface area contributed by atoms with Crippen LogP contribution in [0.25, 0.3) is 0 Å². The van der Waals surface area contributed by atoms with Crippen LogP contribution in [0.5, 0.6) is 0 Å². The number of hydrogen-bond acceptors (Lipinski definition) is 6. The lowest BCUT2D eigenvalue weighted by Gasteiger charge is -2.27. The van der Waals surface area contributed by atoms with Gasteiger partial charge in [0.1, 0.15) is 10.8 Å². The summed E-state index contributed by atoms with van der Waals surface area (Å²) in [5.74, 6) is 3.28. The van der Waals surface area contributed by atoms with E-state index in [1.54, 1.807) is 0 Å². The molecule has 0 aromatic carbocycles. The summed E-state index contributed by atoms with van der Waals surface area (Å²) in [7, 11) is 0. The van der Waals surface area contributed by atoms with E-state index in [4.69, 9.17) is 9.72 Å². The van der Waals surface area contributed by atoms with Crippen LogP contribution < -0.4 is 4.90 Å². The zero-order valence-electron chi connectivity index (χ0n) is 15.1. The number of hydrogen-bond donors (Lipinski definition) is 1. The Labute approximate surface area is 153 Å². The van der Waals surface area contributed by atoms with Crippen molar-refractivity contribution in [2.75, 3.05) is 31.2 Å². The zero-order valence-corrected chi connectivity index (χ0v) is 15.9. The van der Waals surface area contributed by atoms with E-state index in [1.807, 2.05) is 18.3 Å². The number of nitrogens with zero attached hydrogens (tertiary/aromatic N) is 4. The minimum absolute atomic E-state index is 0.686. The Morgan fingerprint density at radius 3 is 2.60 bits per heavy atom. The van der Waals surface area contributed by atoms with Crippen LogP contribution in [0, 0.1) is 25.7 Å². The highest BCUT2D eigenvalue weighted by molar-refractivity contribution is 7.15. The fourth-order valence-electron chi connectivity index (χ4n) is 4.18. The normalized spacial score (nSPS) is 24.2. The largest absolute Gasteiger partial charge is 0.378 e. The lowest BCUT2D eigenvalue weighted by Crippen LogP contribution is -2.36. The van der Waals surface area contributed by atoms with Crippen molar-refractivity contribution < 1.29 is 4.74 Å². The van der Waals surface area contributed by atoms with Crippen LogP contribution in [0.3, 0.4) is 0 Å². The monoisotopic (exact) mass is 361 g/mol. The molecule has 2 unspecified atom stereocenters. The average molecular weight is 362 g/mol.